The Balaban J connectivity index is 2.00. The Kier molecular flexibility index (Phi) is 4.49. The minimum atomic E-state index is -3.76. The van der Waals surface area contributed by atoms with Gasteiger partial charge in [0.2, 0.25) is 20.0 Å². The Labute approximate surface area is 126 Å². The molecule has 0 atom stereocenters. The highest BCUT2D eigenvalue weighted by Gasteiger charge is 2.16. The van der Waals surface area contributed by atoms with Crippen LogP contribution in [0.1, 0.15) is 16.3 Å². The Bertz CT molecular complexity index is 835. The molecule has 0 fully saturated rings. The third-order valence-electron chi connectivity index (χ3n) is 2.40. The maximum atomic E-state index is 11.9. The van der Waals surface area contributed by atoms with Crippen molar-refractivity contribution >= 4 is 31.4 Å². The second kappa shape index (κ2) is 5.85. The predicted molar refractivity (Wildman–Crippen MR) is 76.4 cm³/mol. The van der Waals surface area contributed by atoms with E-state index in [1.807, 2.05) is 0 Å². The van der Waals surface area contributed by atoms with Crippen molar-refractivity contribution in [3.8, 4) is 0 Å². The number of primary sulfonamides is 1. The van der Waals surface area contributed by atoms with E-state index in [1.165, 1.54) is 18.2 Å². The molecular formula is C10H13N3O5S3. The normalized spacial score (nSPS) is 12.7. The van der Waals surface area contributed by atoms with Crippen molar-refractivity contribution in [1.29, 1.82) is 0 Å². The van der Waals surface area contributed by atoms with Crippen molar-refractivity contribution in [2.75, 3.05) is 0 Å². The summed E-state index contributed by atoms with van der Waals surface area (Å²) in [6, 6.07) is 4.38. The van der Waals surface area contributed by atoms with Gasteiger partial charge in [0.15, 0.2) is 0 Å². The van der Waals surface area contributed by atoms with E-state index >= 15 is 0 Å². The molecule has 21 heavy (non-hydrogen) atoms. The molecule has 3 N–H and O–H groups in total. The standard InChI is InChI=1S/C10H13N3O5S3/c1-7-4-8(13-18-7)6-20(14,15)12-5-9-2-3-10(19-9)21(11,16)17/h2-4,12H,5-6H2,1H3,(H2,11,16,17). The van der Waals surface area contributed by atoms with Gasteiger partial charge < -0.3 is 4.52 Å². The summed E-state index contributed by atoms with van der Waals surface area (Å²) in [4.78, 5) is 0.541. The third kappa shape index (κ3) is 4.61. The van der Waals surface area contributed by atoms with Crippen molar-refractivity contribution in [3.05, 3.63) is 34.5 Å². The van der Waals surface area contributed by atoms with Crippen molar-refractivity contribution in [2.45, 2.75) is 23.4 Å². The molecule has 11 heteroatoms. The summed E-state index contributed by atoms with van der Waals surface area (Å²) in [5.74, 6) is 0.217. The van der Waals surface area contributed by atoms with Crippen LogP contribution in [0, 0.1) is 6.92 Å². The Hall–Kier alpha value is -1.27. The highest BCUT2D eigenvalue weighted by Crippen LogP contribution is 2.20. The van der Waals surface area contributed by atoms with Crippen LogP contribution in [-0.4, -0.2) is 22.0 Å². The van der Waals surface area contributed by atoms with Crippen LogP contribution in [0.25, 0.3) is 0 Å². The zero-order chi connectivity index (χ0) is 15.7. The van der Waals surface area contributed by atoms with E-state index in [-0.39, 0.29) is 16.5 Å². The van der Waals surface area contributed by atoms with Gasteiger partial charge in [-0.15, -0.1) is 11.3 Å². The average molecular weight is 351 g/mol. The predicted octanol–water partition coefficient (Wildman–Crippen LogP) is 0.312. The molecule has 2 aromatic heterocycles. The number of sulfonamides is 2. The van der Waals surface area contributed by atoms with E-state index in [0.717, 1.165) is 11.3 Å². The van der Waals surface area contributed by atoms with Gasteiger partial charge >= 0.3 is 0 Å². The Morgan fingerprint density at radius 2 is 2.05 bits per heavy atom. The van der Waals surface area contributed by atoms with Crippen molar-refractivity contribution in [1.82, 2.24) is 9.88 Å². The van der Waals surface area contributed by atoms with Crippen LogP contribution in [0.4, 0.5) is 0 Å². The lowest BCUT2D eigenvalue weighted by Gasteiger charge is -2.03. The fourth-order valence-corrected chi connectivity index (χ4v) is 4.33. The molecule has 116 valence electrons. The minimum Gasteiger partial charge on any atom is -0.361 e. The molecule has 0 aliphatic carbocycles. The summed E-state index contributed by atoms with van der Waals surface area (Å²) in [6.07, 6.45) is 0. The summed E-state index contributed by atoms with van der Waals surface area (Å²) >= 11 is 0.917. The smallest absolute Gasteiger partial charge is 0.247 e. The number of nitrogens with two attached hydrogens (primary N) is 1. The Morgan fingerprint density at radius 1 is 1.33 bits per heavy atom. The fraction of sp³-hybridized carbons (Fsp3) is 0.300. The number of aryl methyl sites for hydroxylation is 1. The van der Waals surface area contributed by atoms with Crippen molar-refractivity contribution < 1.29 is 21.4 Å². The van der Waals surface area contributed by atoms with E-state index in [4.69, 9.17) is 9.66 Å². The Morgan fingerprint density at radius 3 is 2.57 bits per heavy atom. The van der Waals surface area contributed by atoms with E-state index in [9.17, 15) is 16.8 Å². The van der Waals surface area contributed by atoms with Crippen LogP contribution in [0.5, 0.6) is 0 Å². The van der Waals surface area contributed by atoms with Crippen LogP contribution in [-0.2, 0) is 32.3 Å². The summed E-state index contributed by atoms with van der Waals surface area (Å²) in [7, 11) is -7.35. The third-order valence-corrected chi connectivity index (χ3v) is 6.18. The maximum absolute atomic E-state index is 11.9. The summed E-state index contributed by atoms with van der Waals surface area (Å²) in [6.45, 7) is 1.65. The molecule has 0 spiro atoms. The second-order valence-electron chi connectivity index (χ2n) is 4.27. The quantitative estimate of drug-likeness (QED) is 0.770. The molecule has 2 rings (SSSR count). The maximum Gasteiger partial charge on any atom is 0.247 e. The van der Waals surface area contributed by atoms with Gasteiger partial charge in [-0.25, -0.2) is 26.7 Å². The molecule has 8 nitrogen and oxygen atoms in total. The number of hydrogen-bond acceptors (Lipinski definition) is 7. The average Bonchev–Trinajstić information content (AvgIpc) is 2.95. The largest absolute Gasteiger partial charge is 0.361 e. The zero-order valence-corrected chi connectivity index (χ0v) is 13.4. The van der Waals surface area contributed by atoms with Gasteiger partial charge in [-0.1, -0.05) is 5.16 Å². The van der Waals surface area contributed by atoms with Gasteiger partial charge in [0, 0.05) is 17.5 Å². The van der Waals surface area contributed by atoms with Crippen LogP contribution >= 0.6 is 11.3 Å². The molecule has 2 heterocycles. The van der Waals surface area contributed by atoms with Gasteiger partial charge in [-0.05, 0) is 19.1 Å². The highest BCUT2D eigenvalue weighted by molar-refractivity contribution is 7.91. The minimum absolute atomic E-state index is 0.0103. The highest BCUT2D eigenvalue weighted by atomic mass is 32.2. The van der Waals surface area contributed by atoms with Crippen LogP contribution in [0.15, 0.2) is 26.9 Å². The van der Waals surface area contributed by atoms with Crippen LogP contribution < -0.4 is 9.86 Å². The van der Waals surface area contributed by atoms with Gasteiger partial charge in [0.1, 0.15) is 21.4 Å². The zero-order valence-electron chi connectivity index (χ0n) is 10.9. The SMILES string of the molecule is Cc1cc(CS(=O)(=O)NCc2ccc(S(N)(=O)=O)s2)no1. The van der Waals surface area contributed by atoms with Crippen LogP contribution in [0.3, 0.4) is 0 Å². The van der Waals surface area contributed by atoms with Crippen LogP contribution in [0.2, 0.25) is 0 Å². The lowest BCUT2D eigenvalue weighted by Crippen LogP contribution is -2.24. The van der Waals surface area contributed by atoms with Crippen molar-refractivity contribution in [2.24, 2.45) is 5.14 Å². The van der Waals surface area contributed by atoms with E-state index in [0.29, 0.717) is 16.3 Å². The first kappa shape index (κ1) is 16.1. The lowest BCUT2D eigenvalue weighted by atomic mass is 10.4. The van der Waals surface area contributed by atoms with Crippen molar-refractivity contribution in [3.63, 3.8) is 0 Å². The molecule has 0 aliphatic heterocycles. The van der Waals surface area contributed by atoms with E-state index in [1.54, 1.807) is 6.92 Å². The van der Waals surface area contributed by atoms with E-state index < -0.39 is 20.0 Å². The summed E-state index contributed by atoms with van der Waals surface area (Å²) in [5.41, 5.74) is 0.302. The van der Waals surface area contributed by atoms with Gasteiger partial charge in [-0.2, -0.15) is 0 Å². The number of nitrogens with one attached hydrogen (secondary N) is 1. The molecule has 0 saturated heterocycles. The first-order valence-corrected chi connectivity index (χ1v) is 9.68. The molecule has 0 saturated carbocycles. The van der Waals surface area contributed by atoms with Gasteiger partial charge in [0.05, 0.1) is 0 Å². The molecular weight excluding hydrogens is 338 g/mol. The number of aromatic nitrogens is 1. The molecule has 0 radical (unpaired) electrons. The molecule has 0 unspecified atom stereocenters. The van der Waals surface area contributed by atoms with E-state index in [2.05, 4.69) is 9.88 Å². The number of thiophene rings is 1. The molecule has 0 amide bonds. The first-order valence-electron chi connectivity index (χ1n) is 5.67. The summed E-state index contributed by atoms with van der Waals surface area (Å²) < 4.78 is 53.1. The molecule has 0 aromatic carbocycles. The monoisotopic (exact) mass is 351 g/mol. The topological polar surface area (TPSA) is 132 Å². The van der Waals surface area contributed by atoms with Gasteiger partial charge in [0.25, 0.3) is 0 Å². The number of hydrogen-bond donors (Lipinski definition) is 2. The molecule has 2 aromatic rings. The van der Waals surface area contributed by atoms with Gasteiger partial charge in [-0.3, -0.25) is 0 Å². The fourth-order valence-electron chi connectivity index (χ4n) is 1.52. The molecule has 0 bridgehead atoms. The lowest BCUT2D eigenvalue weighted by molar-refractivity contribution is 0.392. The number of nitrogens with zero attached hydrogens (tertiary/aromatic N) is 1. The number of rotatable bonds is 6. The first-order chi connectivity index (χ1) is 9.66. The second-order valence-corrected chi connectivity index (χ2v) is 9.04. The molecule has 0 aliphatic rings. The summed E-state index contributed by atoms with van der Waals surface area (Å²) in [5, 5.41) is 8.59.